The Morgan fingerprint density at radius 1 is 0.815 bits per heavy atom. The molecular formula is C24H19N3. The highest BCUT2D eigenvalue weighted by molar-refractivity contribution is 6.09. The van der Waals surface area contributed by atoms with Crippen LogP contribution < -0.4 is 11.1 Å². The van der Waals surface area contributed by atoms with E-state index in [9.17, 15) is 0 Å². The molecule has 130 valence electrons. The van der Waals surface area contributed by atoms with Gasteiger partial charge in [0.05, 0.1) is 5.69 Å². The van der Waals surface area contributed by atoms with Crippen LogP contribution >= 0.6 is 0 Å². The first-order chi connectivity index (χ1) is 13.3. The molecule has 1 aliphatic rings. The summed E-state index contributed by atoms with van der Waals surface area (Å²) >= 11 is 0. The Hall–Kier alpha value is -3.59. The third-order valence-corrected chi connectivity index (χ3v) is 5.10. The molecule has 4 aromatic carbocycles. The van der Waals surface area contributed by atoms with Gasteiger partial charge in [0.1, 0.15) is 5.84 Å². The predicted molar refractivity (Wildman–Crippen MR) is 114 cm³/mol. The van der Waals surface area contributed by atoms with Crippen molar-refractivity contribution in [2.45, 2.75) is 6.54 Å². The number of anilines is 1. The number of amidine groups is 1. The molecule has 0 aromatic heterocycles. The van der Waals surface area contributed by atoms with Crippen LogP contribution in [0.1, 0.15) is 11.1 Å². The average molecular weight is 349 g/mol. The van der Waals surface area contributed by atoms with E-state index in [0.29, 0.717) is 5.84 Å². The van der Waals surface area contributed by atoms with Crippen molar-refractivity contribution in [2.24, 2.45) is 10.7 Å². The van der Waals surface area contributed by atoms with Gasteiger partial charge in [-0.05, 0) is 28.6 Å². The van der Waals surface area contributed by atoms with Crippen molar-refractivity contribution in [2.75, 3.05) is 5.32 Å². The van der Waals surface area contributed by atoms with E-state index in [2.05, 4.69) is 53.8 Å². The Labute approximate surface area is 158 Å². The molecule has 0 saturated heterocycles. The van der Waals surface area contributed by atoms with Crippen LogP contribution in [0.25, 0.3) is 21.9 Å². The molecule has 0 aliphatic carbocycles. The van der Waals surface area contributed by atoms with Crippen LogP contribution in [-0.4, -0.2) is 5.84 Å². The zero-order valence-corrected chi connectivity index (χ0v) is 14.8. The van der Waals surface area contributed by atoms with Crippen LogP contribution in [0.3, 0.4) is 0 Å². The monoisotopic (exact) mass is 349 g/mol. The summed E-state index contributed by atoms with van der Waals surface area (Å²) in [7, 11) is 0. The van der Waals surface area contributed by atoms with E-state index in [1.165, 1.54) is 11.1 Å². The summed E-state index contributed by atoms with van der Waals surface area (Å²) in [6.45, 7) is 0.826. The second-order valence-corrected chi connectivity index (χ2v) is 6.73. The summed E-state index contributed by atoms with van der Waals surface area (Å²) in [6, 6.07) is 29.0. The molecule has 0 spiro atoms. The first-order valence-electron chi connectivity index (χ1n) is 9.09. The largest absolute Gasteiger partial charge is 0.383 e. The minimum absolute atomic E-state index is 0.529. The SMILES string of the molecule is NC(=Nc1cccc2ccccc12)c1cccc2c1-c1ccccc1CN2. The molecule has 1 aliphatic heterocycles. The summed E-state index contributed by atoms with van der Waals surface area (Å²) in [4.78, 5) is 4.81. The Morgan fingerprint density at radius 3 is 2.56 bits per heavy atom. The molecule has 3 heteroatoms. The number of nitrogens with one attached hydrogen (secondary N) is 1. The van der Waals surface area contributed by atoms with E-state index in [4.69, 9.17) is 10.7 Å². The maximum Gasteiger partial charge on any atom is 0.132 e. The zero-order chi connectivity index (χ0) is 18.2. The van der Waals surface area contributed by atoms with Crippen LogP contribution in [-0.2, 0) is 6.54 Å². The van der Waals surface area contributed by atoms with E-state index in [1.807, 2.05) is 36.4 Å². The molecule has 0 bridgehead atoms. The third kappa shape index (κ3) is 2.64. The maximum atomic E-state index is 6.52. The minimum atomic E-state index is 0.529. The van der Waals surface area contributed by atoms with Gasteiger partial charge in [-0.1, -0.05) is 72.8 Å². The van der Waals surface area contributed by atoms with E-state index < -0.39 is 0 Å². The molecule has 4 aromatic rings. The van der Waals surface area contributed by atoms with Crippen molar-refractivity contribution in [1.29, 1.82) is 0 Å². The normalized spacial score (nSPS) is 13.0. The van der Waals surface area contributed by atoms with Crippen molar-refractivity contribution in [3.05, 3.63) is 96.1 Å². The zero-order valence-electron chi connectivity index (χ0n) is 14.8. The molecule has 3 N–H and O–H groups in total. The Kier molecular flexibility index (Phi) is 3.65. The Balaban J connectivity index is 1.69. The molecule has 0 amide bonds. The molecule has 5 rings (SSSR count). The van der Waals surface area contributed by atoms with Gasteiger partial charge in [-0.3, -0.25) is 0 Å². The molecule has 1 heterocycles. The number of hydrogen-bond acceptors (Lipinski definition) is 2. The number of hydrogen-bond donors (Lipinski definition) is 2. The lowest BCUT2D eigenvalue weighted by Crippen LogP contribution is -2.17. The fourth-order valence-corrected chi connectivity index (χ4v) is 3.81. The molecule has 0 unspecified atom stereocenters. The molecule has 0 atom stereocenters. The Bertz CT molecular complexity index is 1190. The molecular weight excluding hydrogens is 330 g/mol. The molecule has 27 heavy (non-hydrogen) atoms. The van der Waals surface area contributed by atoms with Crippen LogP contribution in [0.5, 0.6) is 0 Å². The van der Waals surface area contributed by atoms with Crippen molar-refractivity contribution in [1.82, 2.24) is 0 Å². The van der Waals surface area contributed by atoms with Crippen LogP contribution in [0, 0.1) is 0 Å². The summed E-state index contributed by atoms with van der Waals surface area (Å²) in [6.07, 6.45) is 0. The second-order valence-electron chi connectivity index (χ2n) is 6.73. The van der Waals surface area contributed by atoms with E-state index >= 15 is 0 Å². The van der Waals surface area contributed by atoms with Gasteiger partial charge < -0.3 is 11.1 Å². The smallest absolute Gasteiger partial charge is 0.132 e. The lowest BCUT2D eigenvalue weighted by atomic mass is 9.90. The minimum Gasteiger partial charge on any atom is -0.383 e. The Morgan fingerprint density at radius 2 is 1.59 bits per heavy atom. The summed E-state index contributed by atoms with van der Waals surface area (Å²) in [5, 5.41) is 5.76. The molecule has 0 radical (unpaired) electrons. The van der Waals surface area contributed by atoms with Crippen molar-refractivity contribution >= 4 is 28.0 Å². The van der Waals surface area contributed by atoms with Crippen LogP contribution in [0.15, 0.2) is 89.9 Å². The lowest BCUT2D eigenvalue weighted by Gasteiger charge is -2.24. The quantitative estimate of drug-likeness (QED) is 0.372. The first kappa shape index (κ1) is 15.6. The third-order valence-electron chi connectivity index (χ3n) is 5.10. The van der Waals surface area contributed by atoms with Crippen molar-refractivity contribution in [3.8, 4) is 11.1 Å². The fraction of sp³-hybridized carbons (Fsp3) is 0.0417. The highest BCUT2D eigenvalue weighted by atomic mass is 14.9. The van der Waals surface area contributed by atoms with Crippen LogP contribution in [0.4, 0.5) is 11.4 Å². The maximum absolute atomic E-state index is 6.52. The van der Waals surface area contributed by atoms with Gasteiger partial charge >= 0.3 is 0 Å². The van der Waals surface area contributed by atoms with Crippen LogP contribution in [0.2, 0.25) is 0 Å². The number of rotatable bonds is 2. The molecule has 0 saturated carbocycles. The van der Waals surface area contributed by atoms with Crippen molar-refractivity contribution < 1.29 is 0 Å². The summed E-state index contributed by atoms with van der Waals surface area (Å²) < 4.78 is 0. The number of nitrogens with zero attached hydrogens (tertiary/aromatic N) is 1. The highest BCUT2D eigenvalue weighted by Gasteiger charge is 2.19. The average Bonchev–Trinajstić information content (AvgIpc) is 2.73. The summed E-state index contributed by atoms with van der Waals surface area (Å²) in [5.41, 5.74) is 13.1. The van der Waals surface area contributed by atoms with Gasteiger partial charge in [0, 0.05) is 28.7 Å². The van der Waals surface area contributed by atoms with E-state index in [-0.39, 0.29) is 0 Å². The molecule has 3 nitrogen and oxygen atoms in total. The van der Waals surface area contributed by atoms with Gasteiger partial charge in [0.15, 0.2) is 0 Å². The number of nitrogens with two attached hydrogens (primary N) is 1. The number of benzene rings is 4. The van der Waals surface area contributed by atoms with E-state index in [0.717, 1.165) is 39.8 Å². The number of fused-ring (bicyclic) bond motifs is 4. The number of aliphatic imine (C=N–C) groups is 1. The molecule has 0 fully saturated rings. The predicted octanol–water partition coefficient (Wildman–Crippen LogP) is 5.47. The second kappa shape index (κ2) is 6.29. The van der Waals surface area contributed by atoms with Gasteiger partial charge in [-0.15, -0.1) is 0 Å². The first-order valence-corrected chi connectivity index (χ1v) is 9.09. The van der Waals surface area contributed by atoms with Gasteiger partial charge in [-0.2, -0.15) is 0 Å². The standard InChI is InChI=1S/C24H19N3/c25-24(27-21-13-5-9-16-7-1-3-10-18(16)21)20-12-6-14-22-23(20)19-11-4-2-8-17(19)15-26-22/h1-14,26H,15H2,(H2,25,27). The van der Waals surface area contributed by atoms with Gasteiger partial charge in [0.2, 0.25) is 0 Å². The topological polar surface area (TPSA) is 50.4 Å². The highest BCUT2D eigenvalue weighted by Crippen LogP contribution is 2.38. The van der Waals surface area contributed by atoms with Gasteiger partial charge in [-0.25, -0.2) is 4.99 Å². The van der Waals surface area contributed by atoms with E-state index in [1.54, 1.807) is 0 Å². The lowest BCUT2D eigenvalue weighted by molar-refractivity contribution is 1.13. The van der Waals surface area contributed by atoms with Crippen molar-refractivity contribution in [3.63, 3.8) is 0 Å². The summed E-state index contributed by atoms with van der Waals surface area (Å²) in [5.74, 6) is 0.529. The fourth-order valence-electron chi connectivity index (χ4n) is 3.81. The van der Waals surface area contributed by atoms with Gasteiger partial charge in [0.25, 0.3) is 0 Å².